The van der Waals surface area contributed by atoms with Gasteiger partial charge in [0.25, 0.3) is 5.91 Å². The number of thioether (sulfide) groups is 1. The average Bonchev–Trinajstić information content (AvgIpc) is 3.23. The molecule has 4 aromatic rings. The predicted octanol–water partition coefficient (Wildman–Crippen LogP) is 6.00. The fraction of sp³-hybridized carbons (Fsp3) is 0.125. The van der Waals surface area contributed by atoms with Crippen molar-refractivity contribution in [2.24, 2.45) is 17.3 Å². The topological polar surface area (TPSA) is 66.9 Å². The van der Waals surface area contributed by atoms with Gasteiger partial charge in [0.15, 0.2) is 5.69 Å². The van der Waals surface area contributed by atoms with Crippen LogP contribution in [0.3, 0.4) is 0 Å². The quantitative estimate of drug-likeness (QED) is 0.417. The number of azo groups is 1. The van der Waals surface area contributed by atoms with Crippen molar-refractivity contribution < 1.29 is 9.90 Å². The van der Waals surface area contributed by atoms with Crippen LogP contribution in [-0.2, 0) is 11.8 Å². The highest BCUT2D eigenvalue weighted by Gasteiger charge is 2.28. The van der Waals surface area contributed by atoms with Gasteiger partial charge >= 0.3 is 0 Å². The number of hydrogen-bond donors (Lipinski definition) is 1. The minimum Gasteiger partial charge on any atom is -0.493 e. The lowest BCUT2D eigenvalue weighted by Gasteiger charge is -2.11. The average molecular weight is 414 g/mol. The number of rotatable bonds is 4. The number of hydrogen-bond acceptors (Lipinski definition) is 4. The molecule has 3 aromatic carbocycles. The van der Waals surface area contributed by atoms with Gasteiger partial charge in [-0.15, -0.1) is 22.0 Å². The van der Waals surface area contributed by atoms with Crippen LogP contribution < -0.4 is 0 Å². The maximum atomic E-state index is 12.5. The highest BCUT2D eigenvalue weighted by atomic mass is 32.2. The largest absolute Gasteiger partial charge is 0.493 e. The maximum absolute atomic E-state index is 12.5. The smallest absolute Gasteiger partial charge is 0.274 e. The van der Waals surface area contributed by atoms with E-state index >= 15 is 0 Å². The number of aromatic nitrogens is 1. The first-order valence-corrected chi connectivity index (χ1v) is 10.7. The van der Waals surface area contributed by atoms with Crippen LogP contribution in [0.1, 0.15) is 16.4 Å². The van der Waals surface area contributed by atoms with Crippen molar-refractivity contribution in [3.05, 3.63) is 83.9 Å². The Hall–Kier alpha value is -3.38. The molecule has 5 nitrogen and oxygen atoms in total. The van der Waals surface area contributed by atoms with Gasteiger partial charge in [-0.2, -0.15) is 0 Å². The minimum atomic E-state index is -0.325. The van der Waals surface area contributed by atoms with Crippen LogP contribution in [0, 0.1) is 0 Å². The molecule has 1 aliphatic carbocycles. The summed E-state index contributed by atoms with van der Waals surface area (Å²) >= 11 is 1.55. The summed E-state index contributed by atoms with van der Waals surface area (Å²) in [6.07, 6.45) is 0. The number of benzene rings is 3. The van der Waals surface area contributed by atoms with E-state index in [1.807, 2.05) is 48.5 Å². The molecular weight excluding hydrogens is 394 g/mol. The summed E-state index contributed by atoms with van der Waals surface area (Å²) in [5.74, 6) is -0.115. The van der Waals surface area contributed by atoms with E-state index in [1.54, 1.807) is 23.4 Å². The molecule has 1 aromatic heterocycles. The molecule has 1 amide bonds. The van der Waals surface area contributed by atoms with Gasteiger partial charge in [-0.25, -0.2) is 0 Å². The van der Waals surface area contributed by atoms with Crippen LogP contribution in [0.15, 0.2) is 83.0 Å². The fourth-order valence-corrected chi connectivity index (χ4v) is 5.17. The second-order valence-electron chi connectivity index (χ2n) is 7.21. The second kappa shape index (κ2) is 7.46. The molecule has 0 aliphatic heterocycles. The monoisotopic (exact) mass is 413 g/mol. The minimum absolute atomic E-state index is 0.000879. The number of aryl methyl sites for hydroxylation is 1. The highest BCUT2D eigenvalue weighted by molar-refractivity contribution is 8.00. The Balaban J connectivity index is 1.36. The van der Waals surface area contributed by atoms with Gasteiger partial charge in [-0.05, 0) is 28.3 Å². The van der Waals surface area contributed by atoms with E-state index in [0.717, 1.165) is 10.9 Å². The van der Waals surface area contributed by atoms with E-state index in [9.17, 15) is 9.90 Å². The summed E-state index contributed by atoms with van der Waals surface area (Å²) in [7, 11) is 1.75. The Kier molecular flexibility index (Phi) is 4.64. The van der Waals surface area contributed by atoms with Gasteiger partial charge in [0.1, 0.15) is 0 Å². The molecule has 0 spiro atoms. The fourth-order valence-electron chi connectivity index (χ4n) is 4.04. The lowest BCUT2D eigenvalue weighted by molar-refractivity contribution is -0.115. The number of carbonyl (C=O) groups excluding carboxylic acids is 1. The molecule has 148 valence electrons. The molecule has 0 saturated heterocycles. The molecule has 0 unspecified atom stereocenters. The first kappa shape index (κ1) is 18.6. The van der Waals surface area contributed by atoms with E-state index in [0.29, 0.717) is 5.69 Å². The molecule has 0 saturated carbocycles. The molecule has 1 N–H and O–H groups in total. The van der Waals surface area contributed by atoms with Crippen LogP contribution in [-0.4, -0.2) is 21.3 Å². The van der Waals surface area contributed by atoms with Gasteiger partial charge in [0, 0.05) is 12.4 Å². The number of nitrogens with zero attached hydrogens (tertiary/aromatic N) is 3. The Labute approximate surface area is 178 Å². The van der Waals surface area contributed by atoms with Crippen LogP contribution >= 0.6 is 11.8 Å². The van der Waals surface area contributed by atoms with Gasteiger partial charge in [-0.1, -0.05) is 66.7 Å². The summed E-state index contributed by atoms with van der Waals surface area (Å²) in [4.78, 5) is 12.5. The Morgan fingerprint density at radius 2 is 1.57 bits per heavy atom. The zero-order valence-electron chi connectivity index (χ0n) is 16.3. The first-order valence-electron chi connectivity index (χ1n) is 9.66. The zero-order chi connectivity index (χ0) is 20.7. The number of aromatic hydroxyl groups is 1. The van der Waals surface area contributed by atoms with Crippen molar-refractivity contribution in [2.45, 2.75) is 5.25 Å². The number of carbonyl (C=O) groups is 1. The summed E-state index contributed by atoms with van der Waals surface area (Å²) in [5.41, 5.74) is 6.05. The molecule has 0 atom stereocenters. The van der Waals surface area contributed by atoms with E-state index in [2.05, 4.69) is 34.5 Å². The molecule has 0 bridgehead atoms. The number of amides is 1. The SMILES string of the molecule is Cn1c(O)c(N=NC(=O)CSC2c3ccccc3-c3ccccc32)c2ccccc21. The van der Waals surface area contributed by atoms with Crippen LogP contribution in [0.25, 0.3) is 22.0 Å². The van der Waals surface area contributed by atoms with Gasteiger partial charge in [0.05, 0.1) is 16.5 Å². The van der Waals surface area contributed by atoms with Crippen molar-refractivity contribution >= 4 is 34.3 Å². The standard InChI is InChI=1S/C24H19N3O2S/c1-27-20-13-7-6-12-19(20)22(24(27)29)26-25-21(28)14-30-23-17-10-4-2-8-15(17)16-9-3-5-11-18(16)23/h2-13,23,29H,14H2,1H3. The summed E-state index contributed by atoms with van der Waals surface area (Å²) in [6.45, 7) is 0. The van der Waals surface area contributed by atoms with Crippen molar-refractivity contribution in [3.8, 4) is 17.0 Å². The lowest BCUT2D eigenvalue weighted by Crippen LogP contribution is -2.00. The van der Waals surface area contributed by atoms with Crippen LogP contribution in [0.4, 0.5) is 5.69 Å². The lowest BCUT2D eigenvalue weighted by atomic mass is 10.1. The van der Waals surface area contributed by atoms with Crippen molar-refractivity contribution in [3.63, 3.8) is 0 Å². The van der Waals surface area contributed by atoms with Gasteiger partial charge in [-0.3, -0.25) is 4.79 Å². The number of para-hydroxylation sites is 1. The molecule has 1 aliphatic rings. The van der Waals surface area contributed by atoms with Gasteiger partial charge in [0.2, 0.25) is 5.88 Å². The third kappa shape index (κ3) is 3.00. The molecule has 6 heteroatoms. The summed E-state index contributed by atoms with van der Waals surface area (Å²) in [5, 5.41) is 19.2. The molecule has 0 fully saturated rings. The summed E-state index contributed by atoms with van der Waals surface area (Å²) < 4.78 is 1.63. The summed E-state index contributed by atoms with van der Waals surface area (Å²) in [6, 6.07) is 24.1. The van der Waals surface area contributed by atoms with E-state index in [1.165, 1.54) is 22.3 Å². The first-order chi connectivity index (χ1) is 14.6. The molecule has 5 rings (SSSR count). The van der Waals surface area contributed by atoms with Crippen LogP contribution in [0.2, 0.25) is 0 Å². The molecule has 0 radical (unpaired) electrons. The maximum Gasteiger partial charge on any atom is 0.274 e. The zero-order valence-corrected chi connectivity index (χ0v) is 17.1. The van der Waals surface area contributed by atoms with Crippen molar-refractivity contribution in [2.75, 3.05) is 5.75 Å². The normalized spacial score (nSPS) is 13.1. The Morgan fingerprint density at radius 1 is 0.967 bits per heavy atom. The molecular formula is C24H19N3O2S. The predicted molar refractivity (Wildman–Crippen MR) is 120 cm³/mol. The Morgan fingerprint density at radius 3 is 2.27 bits per heavy atom. The van der Waals surface area contributed by atoms with E-state index in [-0.39, 0.29) is 22.8 Å². The van der Waals surface area contributed by atoms with E-state index in [4.69, 9.17) is 0 Å². The molecule has 30 heavy (non-hydrogen) atoms. The highest BCUT2D eigenvalue weighted by Crippen LogP contribution is 2.50. The number of fused-ring (bicyclic) bond motifs is 4. The third-order valence-electron chi connectivity index (χ3n) is 5.46. The Bertz CT molecular complexity index is 1260. The second-order valence-corrected chi connectivity index (χ2v) is 8.30. The van der Waals surface area contributed by atoms with Crippen molar-refractivity contribution in [1.29, 1.82) is 0 Å². The van der Waals surface area contributed by atoms with Crippen molar-refractivity contribution in [1.82, 2.24) is 4.57 Å². The van der Waals surface area contributed by atoms with Gasteiger partial charge < -0.3 is 9.67 Å². The third-order valence-corrected chi connectivity index (χ3v) is 6.72. The van der Waals surface area contributed by atoms with E-state index < -0.39 is 0 Å². The van der Waals surface area contributed by atoms with Crippen LogP contribution in [0.5, 0.6) is 5.88 Å². The molecule has 1 heterocycles.